The molecule has 11 heteroatoms. The van der Waals surface area contributed by atoms with Gasteiger partial charge in [-0.3, -0.25) is 18.5 Å². The lowest BCUT2D eigenvalue weighted by Gasteiger charge is -2.12. The third-order valence-electron chi connectivity index (χ3n) is 5.15. The number of aromatic nitrogens is 4. The molecule has 34 heavy (non-hydrogen) atoms. The number of hydrogen-bond acceptors (Lipinski definition) is 6. The van der Waals surface area contributed by atoms with Gasteiger partial charge >= 0.3 is 11.7 Å². The molecule has 178 valence electrons. The molecule has 4 rings (SSSR count). The molecule has 0 aliphatic carbocycles. The van der Waals surface area contributed by atoms with E-state index in [-0.39, 0.29) is 50.1 Å². The van der Waals surface area contributed by atoms with Crippen LogP contribution in [0.3, 0.4) is 0 Å². The number of halogens is 2. The summed E-state index contributed by atoms with van der Waals surface area (Å²) in [6.45, 7) is 0.335. The Hall–Kier alpha value is -3.11. The highest BCUT2D eigenvalue weighted by molar-refractivity contribution is 6.30. The van der Waals surface area contributed by atoms with Crippen LogP contribution in [0.25, 0.3) is 11.2 Å². The van der Waals surface area contributed by atoms with Gasteiger partial charge in [-0.2, -0.15) is 4.98 Å². The predicted molar refractivity (Wildman–Crippen MR) is 129 cm³/mol. The zero-order valence-electron chi connectivity index (χ0n) is 18.3. The van der Waals surface area contributed by atoms with Crippen molar-refractivity contribution >= 4 is 34.4 Å². The second kappa shape index (κ2) is 10.4. The van der Waals surface area contributed by atoms with Crippen LogP contribution in [0.1, 0.15) is 5.56 Å². The van der Waals surface area contributed by atoms with Gasteiger partial charge in [0.15, 0.2) is 11.2 Å². The van der Waals surface area contributed by atoms with E-state index in [4.69, 9.17) is 37.8 Å². The van der Waals surface area contributed by atoms with E-state index in [0.29, 0.717) is 15.8 Å². The van der Waals surface area contributed by atoms with Crippen molar-refractivity contribution in [2.45, 2.75) is 13.1 Å². The number of hydrogen-bond donors (Lipinski definition) is 1. The number of rotatable bonds is 9. The van der Waals surface area contributed by atoms with E-state index < -0.39 is 11.2 Å². The molecule has 1 N–H and O–H groups in total. The number of benzene rings is 2. The maximum absolute atomic E-state index is 13.4. The Balaban J connectivity index is 1.86. The molecule has 0 radical (unpaired) electrons. The van der Waals surface area contributed by atoms with Crippen LogP contribution in [0.5, 0.6) is 11.8 Å². The highest BCUT2D eigenvalue weighted by atomic mass is 35.5. The molecule has 0 saturated heterocycles. The highest BCUT2D eigenvalue weighted by Crippen LogP contribution is 2.27. The lowest BCUT2D eigenvalue weighted by Crippen LogP contribution is -2.40. The molecule has 2 aromatic carbocycles. The van der Waals surface area contributed by atoms with Crippen molar-refractivity contribution in [1.29, 1.82) is 0 Å². The van der Waals surface area contributed by atoms with Gasteiger partial charge in [0.2, 0.25) is 0 Å². The minimum Gasteiger partial charge on any atom is -0.425 e. The van der Waals surface area contributed by atoms with Crippen LogP contribution in [-0.2, 0) is 24.9 Å². The molecule has 0 atom stereocenters. The molecule has 4 aromatic rings. The molecule has 0 aliphatic heterocycles. The molecule has 0 saturated carbocycles. The third-order valence-corrected chi connectivity index (χ3v) is 5.64. The zero-order valence-corrected chi connectivity index (χ0v) is 19.8. The predicted octanol–water partition coefficient (Wildman–Crippen LogP) is 3.05. The fraction of sp³-hybridized carbons (Fsp3) is 0.261. The van der Waals surface area contributed by atoms with Crippen LogP contribution in [0.4, 0.5) is 0 Å². The van der Waals surface area contributed by atoms with E-state index in [0.717, 1.165) is 10.1 Å². The standard InChI is InChI=1S/C23H22Cl2N4O5/c1-27-20-19(21(31)28(23(27)32)9-11-33-12-10-30)29(14-15-5-7-16(24)8-6-15)22(26-20)34-18-4-2-3-17(25)13-18/h2-8,13,30H,9-12,14H2,1H3. The van der Waals surface area contributed by atoms with Crippen LogP contribution in [-0.4, -0.2) is 43.6 Å². The Kier molecular flexibility index (Phi) is 7.38. The Morgan fingerprint density at radius 2 is 1.76 bits per heavy atom. The van der Waals surface area contributed by atoms with Crippen molar-refractivity contribution < 1.29 is 14.6 Å². The number of nitrogens with zero attached hydrogens (tertiary/aromatic N) is 4. The van der Waals surface area contributed by atoms with E-state index >= 15 is 0 Å². The Morgan fingerprint density at radius 1 is 1.00 bits per heavy atom. The van der Waals surface area contributed by atoms with Crippen molar-refractivity contribution in [2.24, 2.45) is 7.05 Å². The van der Waals surface area contributed by atoms with Crippen molar-refractivity contribution in [2.75, 3.05) is 19.8 Å². The number of aliphatic hydroxyl groups is 1. The maximum Gasteiger partial charge on any atom is 0.332 e. The number of aryl methyl sites for hydroxylation is 1. The van der Waals surface area contributed by atoms with Crippen LogP contribution in [0.15, 0.2) is 58.1 Å². The summed E-state index contributed by atoms with van der Waals surface area (Å²) in [6.07, 6.45) is 0. The SMILES string of the molecule is Cn1c(=O)n(CCOCCO)c(=O)c2c1nc(Oc1cccc(Cl)c1)n2Cc1ccc(Cl)cc1. The Morgan fingerprint density at radius 3 is 2.47 bits per heavy atom. The average Bonchev–Trinajstić information content (AvgIpc) is 3.16. The summed E-state index contributed by atoms with van der Waals surface area (Å²) in [6, 6.07) is 14.1. The summed E-state index contributed by atoms with van der Waals surface area (Å²) in [4.78, 5) is 30.8. The number of imidazole rings is 1. The molecule has 2 heterocycles. The number of aliphatic hydroxyl groups excluding tert-OH is 1. The van der Waals surface area contributed by atoms with Crippen molar-refractivity contribution in [1.82, 2.24) is 18.7 Å². The third kappa shape index (κ3) is 5.02. The van der Waals surface area contributed by atoms with E-state index in [2.05, 4.69) is 4.98 Å². The van der Waals surface area contributed by atoms with E-state index in [9.17, 15) is 9.59 Å². The van der Waals surface area contributed by atoms with Crippen LogP contribution < -0.4 is 16.0 Å². The summed E-state index contributed by atoms with van der Waals surface area (Å²) in [5.41, 5.74) is 0.194. The minimum absolute atomic E-state index is 0.0258. The lowest BCUT2D eigenvalue weighted by atomic mass is 10.2. The van der Waals surface area contributed by atoms with Gasteiger partial charge in [-0.05, 0) is 35.9 Å². The normalized spacial score (nSPS) is 11.3. The molecule has 9 nitrogen and oxygen atoms in total. The average molecular weight is 505 g/mol. The zero-order chi connectivity index (χ0) is 24.2. The second-order valence-corrected chi connectivity index (χ2v) is 8.35. The van der Waals surface area contributed by atoms with Crippen molar-refractivity contribution in [3.63, 3.8) is 0 Å². The molecular weight excluding hydrogens is 483 g/mol. The molecule has 2 aromatic heterocycles. The van der Waals surface area contributed by atoms with Gasteiger partial charge in [-0.25, -0.2) is 4.79 Å². The lowest BCUT2D eigenvalue weighted by molar-refractivity contribution is 0.0858. The summed E-state index contributed by atoms with van der Waals surface area (Å²) < 4.78 is 15.3. The first-order chi connectivity index (χ1) is 16.4. The fourth-order valence-electron chi connectivity index (χ4n) is 3.50. The largest absolute Gasteiger partial charge is 0.425 e. The minimum atomic E-state index is -0.532. The Labute approximate surface area is 204 Å². The topological polar surface area (TPSA) is 101 Å². The first-order valence-corrected chi connectivity index (χ1v) is 11.2. The number of ether oxygens (including phenoxy) is 2. The summed E-state index contributed by atoms with van der Waals surface area (Å²) in [7, 11) is 1.54. The van der Waals surface area contributed by atoms with Crippen LogP contribution in [0.2, 0.25) is 10.0 Å². The van der Waals surface area contributed by atoms with E-state index in [1.807, 2.05) is 12.1 Å². The molecular formula is C23H22Cl2N4O5. The maximum atomic E-state index is 13.4. The summed E-state index contributed by atoms with van der Waals surface area (Å²) >= 11 is 12.1. The smallest absolute Gasteiger partial charge is 0.332 e. The first kappa shape index (κ1) is 24.0. The fourth-order valence-corrected chi connectivity index (χ4v) is 3.81. The van der Waals surface area contributed by atoms with Crippen molar-refractivity contribution in [3.8, 4) is 11.8 Å². The van der Waals surface area contributed by atoms with Gasteiger partial charge in [-0.15, -0.1) is 0 Å². The quantitative estimate of drug-likeness (QED) is 0.351. The Bertz CT molecular complexity index is 1430. The first-order valence-electron chi connectivity index (χ1n) is 10.5. The molecule has 0 amide bonds. The molecule has 0 bridgehead atoms. The van der Waals surface area contributed by atoms with Gasteiger partial charge < -0.3 is 14.6 Å². The highest BCUT2D eigenvalue weighted by Gasteiger charge is 2.22. The van der Waals surface area contributed by atoms with Crippen LogP contribution in [0, 0.1) is 0 Å². The summed E-state index contributed by atoms with van der Waals surface area (Å²) in [5, 5.41) is 9.96. The van der Waals surface area contributed by atoms with E-state index in [1.165, 1.54) is 11.6 Å². The number of fused-ring (bicyclic) bond motifs is 1. The van der Waals surface area contributed by atoms with Gasteiger partial charge in [0.1, 0.15) is 5.75 Å². The monoisotopic (exact) mass is 504 g/mol. The van der Waals surface area contributed by atoms with Gasteiger partial charge in [0.25, 0.3) is 5.56 Å². The van der Waals surface area contributed by atoms with Gasteiger partial charge in [-0.1, -0.05) is 41.4 Å². The van der Waals surface area contributed by atoms with E-state index in [1.54, 1.807) is 41.0 Å². The molecule has 0 unspecified atom stereocenters. The van der Waals surface area contributed by atoms with Crippen LogP contribution >= 0.6 is 23.2 Å². The molecule has 0 aliphatic rings. The second-order valence-electron chi connectivity index (χ2n) is 7.47. The summed E-state index contributed by atoms with van der Waals surface area (Å²) in [5.74, 6) is 0.433. The molecule has 0 spiro atoms. The van der Waals surface area contributed by atoms with Crippen molar-refractivity contribution in [3.05, 3.63) is 85.0 Å². The van der Waals surface area contributed by atoms with Gasteiger partial charge in [0, 0.05) is 17.1 Å². The van der Waals surface area contributed by atoms with Gasteiger partial charge in [0.05, 0.1) is 32.9 Å². The molecule has 0 fully saturated rings.